The number of rotatable bonds is 4. The Morgan fingerprint density at radius 2 is 2.11 bits per heavy atom. The van der Waals surface area contributed by atoms with Gasteiger partial charge in [0.1, 0.15) is 11.3 Å². The van der Waals surface area contributed by atoms with Crippen LogP contribution in [-0.4, -0.2) is 22.3 Å². The average Bonchev–Trinajstić information content (AvgIpc) is 2.68. The molecular weight excluding hydrogens is 408 g/mol. The number of ether oxygens (including phenoxy) is 2. The van der Waals surface area contributed by atoms with Gasteiger partial charge in [0, 0.05) is 53.9 Å². The van der Waals surface area contributed by atoms with Gasteiger partial charge in [0.2, 0.25) is 0 Å². The normalized spacial score (nSPS) is 10.4. The summed E-state index contributed by atoms with van der Waals surface area (Å²) in [6, 6.07) is 8.49. The zero-order valence-corrected chi connectivity index (χ0v) is 15.8. The Bertz CT molecular complexity index is 1120. The molecular formula is C18H11ClN2O6S. The highest BCUT2D eigenvalue weighted by Gasteiger charge is 2.21. The zero-order valence-electron chi connectivity index (χ0n) is 14.2. The summed E-state index contributed by atoms with van der Waals surface area (Å²) in [5, 5.41) is 10.7. The monoisotopic (exact) mass is 418 g/mol. The van der Waals surface area contributed by atoms with E-state index in [0.717, 1.165) is 6.07 Å². The maximum Gasteiger partial charge on any atom is 0.357 e. The van der Waals surface area contributed by atoms with Crippen LogP contribution in [0.4, 0.5) is 5.69 Å². The summed E-state index contributed by atoms with van der Waals surface area (Å²) in [4.78, 5) is 27.0. The van der Waals surface area contributed by atoms with Crippen LogP contribution < -0.4 is 10.4 Å². The number of halogens is 1. The Morgan fingerprint density at radius 3 is 2.71 bits per heavy atom. The van der Waals surface area contributed by atoms with Gasteiger partial charge in [-0.1, -0.05) is 11.6 Å². The molecule has 0 bridgehead atoms. The molecule has 8 nitrogen and oxygen atoms in total. The number of methoxy groups -OCH3 is 1. The van der Waals surface area contributed by atoms with Gasteiger partial charge < -0.3 is 13.9 Å². The molecule has 2 heterocycles. The summed E-state index contributed by atoms with van der Waals surface area (Å²) in [7, 11) is 1.31. The molecule has 0 fully saturated rings. The van der Waals surface area contributed by atoms with Crippen molar-refractivity contribution in [2.45, 2.75) is 0 Å². The van der Waals surface area contributed by atoms with Crippen LogP contribution in [0.2, 0.25) is 5.02 Å². The second-order valence-corrected chi connectivity index (χ2v) is 6.10. The van der Waals surface area contributed by atoms with Crippen molar-refractivity contribution in [1.29, 1.82) is 0 Å². The highest BCUT2D eigenvalue weighted by Crippen LogP contribution is 2.36. The first-order chi connectivity index (χ1) is 13.4. The Balaban J connectivity index is 2.21. The Kier molecular flexibility index (Phi) is 5.67. The van der Waals surface area contributed by atoms with Crippen LogP contribution in [0.3, 0.4) is 0 Å². The third kappa shape index (κ3) is 4.00. The van der Waals surface area contributed by atoms with E-state index in [9.17, 15) is 14.9 Å². The van der Waals surface area contributed by atoms with Crippen molar-refractivity contribution in [3.05, 3.63) is 74.3 Å². The van der Waals surface area contributed by atoms with Gasteiger partial charge >= 0.3 is 10.9 Å². The summed E-state index contributed by atoms with van der Waals surface area (Å²) >= 11 is 11.1. The van der Waals surface area contributed by atoms with Crippen molar-refractivity contribution < 1.29 is 18.8 Å². The lowest BCUT2D eigenvalue weighted by molar-refractivity contribution is -0.384. The molecule has 3 aromatic rings. The molecule has 0 unspecified atom stereocenters. The van der Waals surface area contributed by atoms with Crippen molar-refractivity contribution >= 4 is 34.7 Å². The van der Waals surface area contributed by atoms with Crippen molar-refractivity contribution in [2.24, 2.45) is 0 Å². The summed E-state index contributed by atoms with van der Waals surface area (Å²) in [5.74, 6) is 0.214. The predicted octanol–water partition coefficient (Wildman–Crippen LogP) is 4.24. The first kappa shape index (κ1) is 19.5. The summed E-state index contributed by atoms with van der Waals surface area (Å²) < 4.78 is 15.7. The predicted molar refractivity (Wildman–Crippen MR) is 106 cm³/mol. The number of hydrogen-bond acceptors (Lipinski definition) is 8. The van der Waals surface area contributed by atoms with E-state index in [-0.39, 0.29) is 38.6 Å². The number of hydrogen-bond donors (Lipinski definition) is 0. The van der Waals surface area contributed by atoms with Gasteiger partial charge in [0.25, 0.3) is 5.69 Å². The minimum Gasteiger partial charge on any atom is -0.460 e. The molecule has 0 spiro atoms. The van der Waals surface area contributed by atoms with E-state index in [4.69, 9.17) is 37.7 Å². The molecule has 0 atom stereocenters. The van der Waals surface area contributed by atoms with Gasteiger partial charge in [-0.2, -0.15) is 0 Å². The van der Waals surface area contributed by atoms with E-state index < -0.39 is 10.5 Å². The van der Waals surface area contributed by atoms with Gasteiger partial charge in [0.15, 0.2) is 5.75 Å². The Morgan fingerprint density at radius 1 is 1.32 bits per heavy atom. The van der Waals surface area contributed by atoms with Gasteiger partial charge in [-0.15, -0.1) is 0 Å². The number of nitrogens with zero attached hydrogens (tertiary/aromatic N) is 2. The number of thiocarbonyl (C=S) groups is 1. The number of nitro benzene ring substituents is 1. The Labute approximate surface area is 168 Å². The van der Waals surface area contributed by atoms with Crippen LogP contribution >= 0.6 is 23.8 Å². The first-order valence-corrected chi connectivity index (χ1v) is 8.48. The van der Waals surface area contributed by atoms with E-state index in [1.165, 1.54) is 31.5 Å². The molecule has 10 heteroatoms. The first-order valence-electron chi connectivity index (χ1n) is 7.69. The number of pyridine rings is 1. The molecule has 0 saturated carbocycles. The number of benzene rings is 1. The zero-order chi connectivity index (χ0) is 20.3. The third-order valence-corrected chi connectivity index (χ3v) is 4.22. The van der Waals surface area contributed by atoms with E-state index in [0.29, 0.717) is 5.56 Å². The largest absolute Gasteiger partial charge is 0.460 e. The van der Waals surface area contributed by atoms with Gasteiger partial charge in [-0.3, -0.25) is 15.1 Å². The van der Waals surface area contributed by atoms with Crippen LogP contribution in [0, 0.1) is 10.1 Å². The molecule has 0 amide bonds. The lowest BCUT2D eigenvalue weighted by atomic mass is 10.1. The van der Waals surface area contributed by atoms with Crippen molar-refractivity contribution in [3.8, 4) is 28.2 Å². The second kappa shape index (κ2) is 8.15. The SMILES string of the molecule is COC(=S)Oc1cc(-c2cccnc2)oc(=O)c1-c1ccc([N+](=O)[O-])cc1Cl. The summed E-state index contributed by atoms with van der Waals surface area (Å²) in [6.07, 6.45) is 3.08. The van der Waals surface area contributed by atoms with E-state index in [2.05, 4.69) is 4.98 Å². The smallest absolute Gasteiger partial charge is 0.357 e. The maximum absolute atomic E-state index is 12.7. The second-order valence-electron chi connectivity index (χ2n) is 5.36. The summed E-state index contributed by atoms with van der Waals surface area (Å²) in [5.41, 5.74) is -0.320. The average molecular weight is 419 g/mol. The fraction of sp³-hybridized carbons (Fsp3) is 0.0556. The molecule has 0 N–H and O–H groups in total. The number of aromatic nitrogens is 1. The number of non-ortho nitro benzene ring substituents is 1. The molecule has 1 aromatic carbocycles. The molecule has 0 aliphatic carbocycles. The van der Waals surface area contributed by atoms with Gasteiger partial charge in [-0.25, -0.2) is 4.79 Å². The molecule has 0 aliphatic rings. The minimum absolute atomic E-state index is 0.0242. The lowest BCUT2D eigenvalue weighted by Gasteiger charge is -2.12. The molecule has 3 rings (SSSR count). The Hall–Kier alpha value is -3.30. The topological polar surface area (TPSA) is 105 Å². The minimum atomic E-state index is -0.772. The van der Waals surface area contributed by atoms with E-state index in [1.54, 1.807) is 18.3 Å². The quantitative estimate of drug-likeness (QED) is 0.352. The molecule has 0 aliphatic heterocycles. The van der Waals surface area contributed by atoms with Gasteiger partial charge in [-0.05, 0) is 18.2 Å². The van der Waals surface area contributed by atoms with E-state index >= 15 is 0 Å². The fourth-order valence-electron chi connectivity index (χ4n) is 2.40. The molecule has 28 heavy (non-hydrogen) atoms. The van der Waals surface area contributed by atoms with Crippen LogP contribution in [-0.2, 0) is 4.74 Å². The molecule has 0 radical (unpaired) electrons. The standard InChI is InChI=1S/C18H11ClN2O6S/c1-25-18(28)27-15-8-14(10-3-2-6-20-9-10)26-17(22)16(15)12-5-4-11(21(23)24)7-13(12)19/h2-9H,1H3. The lowest BCUT2D eigenvalue weighted by Crippen LogP contribution is -2.13. The van der Waals surface area contributed by atoms with Crippen molar-refractivity contribution in [2.75, 3.05) is 7.11 Å². The number of nitro groups is 1. The molecule has 0 saturated heterocycles. The van der Waals surface area contributed by atoms with Crippen LogP contribution in [0.25, 0.3) is 22.5 Å². The summed E-state index contributed by atoms with van der Waals surface area (Å²) in [6.45, 7) is 0. The highest BCUT2D eigenvalue weighted by atomic mass is 35.5. The van der Waals surface area contributed by atoms with Crippen LogP contribution in [0.5, 0.6) is 5.75 Å². The van der Waals surface area contributed by atoms with Crippen molar-refractivity contribution in [1.82, 2.24) is 4.98 Å². The van der Waals surface area contributed by atoms with Gasteiger partial charge in [0.05, 0.1) is 17.1 Å². The fourth-order valence-corrected chi connectivity index (χ4v) is 2.76. The maximum atomic E-state index is 12.7. The molecule has 142 valence electrons. The van der Waals surface area contributed by atoms with Crippen molar-refractivity contribution in [3.63, 3.8) is 0 Å². The van der Waals surface area contributed by atoms with E-state index in [1.807, 2.05) is 0 Å². The van der Waals surface area contributed by atoms with Crippen LogP contribution in [0.1, 0.15) is 0 Å². The third-order valence-electron chi connectivity index (χ3n) is 3.65. The highest BCUT2D eigenvalue weighted by molar-refractivity contribution is 7.79. The molecule has 2 aromatic heterocycles. The van der Waals surface area contributed by atoms with Crippen LogP contribution in [0.15, 0.2) is 58.0 Å².